The van der Waals surface area contributed by atoms with Crippen LogP contribution in [0.1, 0.15) is 31.6 Å². The van der Waals surface area contributed by atoms with Crippen molar-refractivity contribution in [3.8, 4) is 0 Å². The van der Waals surface area contributed by atoms with Crippen LogP contribution < -0.4 is 11.4 Å². The summed E-state index contributed by atoms with van der Waals surface area (Å²) in [6.45, 7) is 4.04. The summed E-state index contributed by atoms with van der Waals surface area (Å²) in [5.74, 6) is -0.482. The summed E-state index contributed by atoms with van der Waals surface area (Å²) in [4.78, 5) is 28.1. The molecule has 0 spiro atoms. The van der Waals surface area contributed by atoms with Crippen LogP contribution in [0, 0.1) is 5.92 Å². The highest BCUT2D eigenvalue weighted by Gasteiger charge is 2.31. The Balaban J connectivity index is 1.58. The number of esters is 1. The first-order valence-corrected chi connectivity index (χ1v) is 8.79. The second kappa shape index (κ2) is 8.32. The third kappa shape index (κ3) is 4.53. The summed E-state index contributed by atoms with van der Waals surface area (Å²) in [6, 6.07) is 11.0. The number of carbonyl (C=O) groups is 1. The zero-order chi connectivity index (χ0) is 19.4. The first-order valence-electron chi connectivity index (χ1n) is 8.79. The first-order chi connectivity index (χ1) is 13.0. The lowest BCUT2D eigenvalue weighted by atomic mass is 9.88. The number of hydrogen-bond donors (Lipinski definition) is 1. The number of nitrogen functional groups attached to an aromatic ring is 1. The Hall–Kier alpha value is -2.71. The van der Waals surface area contributed by atoms with Gasteiger partial charge in [-0.3, -0.25) is 9.36 Å². The molecule has 144 valence electrons. The molecule has 3 rings (SSSR count). The van der Waals surface area contributed by atoms with Crippen molar-refractivity contribution in [1.29, 1.82) is 0 Å². The van der Waals surface area contributed by atoms with E-state index in [0.717, 1.165) is 5.56 Å². The summed E-state index contributed by atoms with van der Waals surface area (Å²) in [6.07, 6.45) is 0.119. The zero-order valence-electron chi connectivity index (χ0n) is 15.3. The Morgan fingerprint density at radius 1 is 1.33 bits per heavy atom. The fourth-order valence-electron chi connectivity index (χ4n) is 3.02. The number of rotatable bonds is 6. The third-order valence-corrected chi connectivity index (χ3v) is 4.34. The van der Waals surface area contributed by atoms with E-state index in [-0.39, 0.29) is 36.8 Å². The van der Waals surface area contributed by atoms with Gasteiger partial charge < -0.3 is 19.9 Å². The molecule has 1 fully saturated rings. The van der Waals surface area contributed by atoms with E-state index in [2.05, 4.69) is 4.98 Å². The summed E-state index contributed by atoms with van der Waals surface area (Å²) >= 11 is 0. The second-order valence-corrected chi connectivity index (χ2v) is 6.66. The second-order valence-electron chi connectivity index (χ2n) is 6.66. The molecular weight excluding hydrogens is 350 g/mol. The van der Waals surface area contributed by atoms with Crippen LogP contribution in [0.3, 0.4) is 0 Å². The molecule has 0 radical (unpaired) electrons. The van der Waals surface area contributed by atoms with Crippen LogP contribution in [0.4, 0.5) is 5.82 Å². The minimum absolute atomic E-state index is 0.0530. The van der Waals surface area contributed by atoms with Crippen LogP contribution >= 0.6 is 0 Å². The Bertz CT molecular complexity index is 837. The monoisotopic (exact) mass is 373 g/mol. The van der Waals surface area contributed by atoms with Crippen LogP contribution in [0.15, 0.2) is 47.4 Å². The van der Waals surface area contributed by atoms with Crippen LogP contribution in [0.5, 0.6) is 0 Å². The molecule has 1 aromatic heterocycles. The van der Waals surface area contributed by atoms with Gasteiger partial charge in [0.2, 0.25) is 0 Å². The molecule has 0 amide bonds. The molecule has 1 aliphatic heterocycles. The van der Waals surface area contributed by atoms with E-state index in [1.54, 1.807) is 0 Å². The Labute approximate surface area is 156 Å². The van der Waals surface area contributed by atoms with Crippen molar-refractivity contribution < 1.29 is 19.0 Å². The van der Waals surface area contributed by atoms with Gasteiger partial charge in [0.1, 0.15) is 12.4 Å². The number of benzene rings is 1. The number of anilines is 1. The van der Waals surface area contributed by atoms with Gasteiger partial charge in [-0.2, -0.15) is 4.98 Å². The average Bonchev–Trinajstić information content (AvgIpc) is 3.09. The van der Waals surface area contributed by atoms with Crippen molar-refractivity contribution >= 4 is 11.8 Å². The predicted molar refractivity (Wildman–Crippen MR) is 97.8 cm³/mol. The molecular formula is C19H23N3O5. The maximum atomic E-state index is 12.6. The molecule has 8 nitrogen and oxygen atoms in total. The molecule has 0 saturated carbocycles. The van der Waals surface area contributed by atoms with Crippen LogP contribution in [0.25, 0.3) is 0 Å². The van der Waals surface area contributed by atoms with Crippen molar-refractivity contribution in [2.45, 2.75) is 32.3 Å². The van der Waals surface area contributed by atoms with Crippen molar-refractivity contribution in [2.24, 2.45) is 5.92 Å². The fraction of sp³-hybridized carbons (Fsp3) is 0.421. The number of carbonyl (C=O) groups excluding carboxylic acids is 1. The predicted octanol–water partition coefficient (Wildman–Crippen LogP) is 1.68. The smallest absolute Gasteiger partial charge is 0.351 e. The third-order valence-electron chi connectivity index (χ3n) is 4.34. The van der Waals surface area contributed by atoms with Gasteiger partial charge in [0.15, 0.2) is 12.5 Å². The first kappa shape index (κ1) is 19.1. The SMILES string of the molecule is CC(C)C(C(=O)OC[C@H]1OC[C@@H](n2ccc(N)nc2=O)O1)c1ccccc1. The minimum atomic E-state index is -0.744. The highest BCUT2D eigenvalue weighted by molar-refractivity contribution is 5.78. The van der Waals surface area contributed by atoms with Gasteiger partial charge in [0, 0.05) is 6.20 Å². The zero-order valence-corrected chi connectivity index (χ0v) is 15.3. The molecule has 3 atom stereocenters. The molecule has 2 aromatic rings. The molecule has 1 aliphatic rings. The maximum Gasteiger partial charge on any atom is 0.351 e. The van der Waals surface area contributed by atoms with Crippen molar-refractivity contribution in [2.75, 3.05) is 18.9 Å². The number of ether oxygens (including phenoxy) is 3. The molecule has 2 N–H and O–H groups in total. The van der Waals surface area contributed by atoms with Gasteiger partial charge in [-0.25, -0.2) is 4.79 Å². The summed E-state index contributed by atoms with van der Waals surface area (Å²) in [5, 5.41) is 0. The normalized spacial score (nSPS) is 20.6. The number of nitrogens with two attached hydrogens (primary N) is 1. The van der Waals surface area contributed by atoms with E-state index in [9.17, 15) is 9.59 Å². The molecule has 27 heavy (non-hydrogen) atoms. The van der Waals surface area contributed by atoms with E-state index in [1.165, 1.54) is 16.8 Å². The van der Waals surface area contributed by atoms with E-state index >= 15 is 0 Å². The van der Waals surface area contributed by atoms with Crippen molar-refractivity contribution in [3.63, 3.8) is 0 Å². The van der Waals surface area contributed by atoms with Crippen LogP contribution in [0.2, 0.25) is 0 Å². The summed E-state index contributed by atoms with van der Waals surface area (Å²) in [5.41, 5.74) is 5.86. The molecule has 1 aromatic carbocycles. The van der Waals surface area contributed by atoms with Gasteiger partial charge in [-0.05, 0) is 17.5 Å². The van der Waals surface area contributed by atoms with Crippen LogP contribution in [-0.4, -0.2) is 35.0 Å². The summed E-state index contributed by atoms with van der Waals surface area (Å²) in [7, 11) is 0. The van der Waals surface area contributed by atoms with Gasteiger partial charge in [-0.1, -0.05) is 44.2 Å². The van der Waals surface area contributed by atoms with Crippen LogP contribution in [-0.2, 0) is 19.0 Å². The summed E-state index contributed by atoms with van der Waals surface area (Å²) < 4.78 is 17.8. The quantitative estimate of drug-likeness (QED) is 0.768. The van der Waals surface area contributed by atoms with Crippen molar-refractivity contribution in [3.05, 3.63) is 58.6 Å². The van der Waals surface area contributed by atoms with Crippen molar-refractivity contribution in [1.82, 2.24) is 9.55 Å². The fourth-order valence-corrected chi connectivity index (χ4v) is 3.02. The lowest BCUT2D eigenvalue weighted by Crippen LogP contribution is -2.29. The molecule has 0 bridgehead atoms. The number of hydrogen-bond acceptors (Lipinski definition) is 7. The minimum Gasteiger partial charge on any atom is -0.460 e. The molecule has 0 aliphatic carbocycles. The number of aromatic nitrogens is 2. The average molecular weight is 373 g/mol. The number of nitrogens with zero attached hydrogens (tertiary/aromatic N) is 2. The highest BCUT2D eigenvalue weighted by atomic mass is 16.7. The lowest BCUT2D eigenvalue weighted by molar-refractivity contribution is -0.161. The largest absolute Gasteiger partial charge is 0.460 e. The molecule has 1 saturated heterocycles. The maximum absolute atomic E-state index is 12.6. The topological polar surface area (TPSA) is 106 Å². The van der Waals surface area contributed by atoms with Gasteiger partial charge in [0.05, 0.1) is 12.5 Å². The van der Waals surface area contributed by atoms with E-state index < -0.39 is 18.2 Å². The van der Waals surface area contributed by atoms with E-state index in [0.29, 0.717) is 0 Å². The molecule has 1 unspecified atom stereocenters. The Kier molecular flexibility index (Phi) is 5.88. The standard InChI is InChI=1S/C19H23N3O5/c1-12(2)17(13-6-4-3-5-7-13)18(23)26-11-16-25-10-15(27-16)22-9-8-14(20)21-19(22)24/h3-9,12,15-17H,10-11H2,1-2H3,(H2,20,21,24)/t15-,16-,17?/m0/s1. The molecule has 8 heteroatoms. The highest BCUT2D eigenvalue weighted by Crippen LogP contribution is 2.26. The Morgan fingerprint density at radius 3 is 2.74 bits per heavy atom. The van der Waals surface area contributed by atoms with E-state index in [4.69, 9.17) is 19.9 Å². The molecule has 2 heterocycles. The van der Waals surface area contributed by atoms with E-state index in [1.807, 2.05) is 44.2 Å². The lowest BCUT2D eigenvalue weighted by Gasteiger charge is -2.21. The Morgan fingerprint density at radius 2 is 2.07 bits per heavy atom. The van der Waals surface area contributed by atoms with Gasteiger partial charge in [0.25, 0.3) is 0 Å². The van der Waals surface area contributed by atoms with Gasteiger partial charge >= 0.3 is 11.7 Å². The van der Waals surface area contributed by atoms with Gasteiger partial charge in [-0.15, -0.1) is 0 Å².